The summed E-state index contributed by atoms with van der Waals surface area (Å²) < 4.78 is 12.2. The van der Waals surface area contributed by atoms with Crippen LogP contribution in [0.2, 0.25) is 13.1 Å². The van der Waals surface area contributed by atoms with E-state index in [9.17, 15) is 0 Å². The van der Waals surface area contributed by atoms with Gasteiger partial charge in [0, 0.05) is 6.61 Å². The monoisotopic (exact) mass is 420 g/mol. The third kappa shape index (κ3) is 15.7. The summed E-state index contributed by atoms with van der Waals surface area (Å²) in [6.07, 6.45) is 20.9. The Morgan fingerprint density at radius 1 is 0.690 bits per heavy atom. The molecular weight excluding hydrogens is 372 g/mol. The van der Waals surface area contributed by atoms with Crippen LogP contribution in [-0.4, -0.2) is 15.2 Å². The standard InChI is InChI=1S/C26H48O2Si/c1-5-6-7-8-9-10-11-12-13-14-15-16-17-18-19-23-27-29(3,4)28-26-22-20-21-25(2)24-26/h20-22,24H,5-19,23H2,1-4H3. The molecule has 2 nitrogen and oxygen atoms in total. The van der Waals surface area contributed by atoms with Gasteiger partial charge in [-0.25, -0.2) is 0 Å². The summed E-state index contributed by atoms with van der Waals surface area (Å²) in [6.45, 7) is 9.50. The minimum atomic E-state index is -2.07. The van der Waals surface area contributed by atoms with Crippen LogP contribution in [0.3, 0.4) is 0 Å². The maximum absolute atomic E-state index is 6.12. The van der Waals surface area contributed by atoms with Gasteiger partial charge in [0.2, 0.25) is 0 Å². The van der Waals surface area contributed by atoms with E-state index in [1.165, 1.54) is 95.5 Å². The Labute approximate surface area is 183 Å². The highest BCUT2D eigenvalue weighted by molar-refractivity contribution is 6.65. The molecule has 29 heavy (non-hydrogen) atoms. The molecule has 1 aromatic rings. The molecule has 0 atom stereocenters. The Morgan fingerprint density at radius 2 is 1.17 bits per heavy atom. The Balaban J connectivity index is 1.87. The van der Waals surface area contributed by atoms with Gasteiger partial charge in [-0.3, -0.25) is 0 Å². The van der Waals surface area contributed by atoms with Crippen LogP contribution < -0.4 is 4.43 Å². The Morgan fingerprint density at radius 3 is 1.66 bits per heavy atom. The highest BCUT2D eigenvalue weighted by Crippen LogP contribution is 2.19. The normalized spacial score (nSPS) is 11.7. The molecule has 0 unspecified atom stereocenters. The van der Waals surface area contributed by atoms with Crippen molar-refractivity contribution in [1.82, 2.24) is 0 Å². The third-order valence-electron chi connectivity index (χ3n) is 5.55. The fraction of sp³-hybridized carbons (Fsp3) is 0.769. The zero-order valence-electron chi connectivity index (χ0n) is 19.9. The van der Waals surface area contributed by atoms with E-state index in [1.54, 1.807) is 0 Å². The smallest absolute Gasteiger partial charge is 0.392 e. The van der Waals surface area contributed by atoms with Crippen molar-refractivity contribution in [1.29, 1.82) is 0 Å². The SMILES string of the molecule is CCCCCCCCCCCCCCCCCO[Si](C)(C)Oc1cccc(C)c1. The van der Waals surface area contributed by atoms with Gasteiger partial charge in [-0.15, -0.1) is 0 Å². The van der Waals surface area contributed by atoms with Gasteiger partial charge in [-0.1, -0.05) is 109 Å². The fourth-order valence-corrected chi connectivity index (χ4v) is 5.17. The van der Waals surface area contributed by atoms with E-state index < -0.39 is 8.56 Å². The van der Waals surface area contributed by atoms with E-state index in [0.717, 1.165) is 18.8 Å². The second-order valence-corrected chi connectivity index (χ2v) is 12.4. The molecular formula is C26H48O2Si. The van der Waals surface area contributed by atoms with E-state index in [1.807, 2.05) is 12.1 Å². The molecule has 3 heteroatoms. The maximum Gasteiger partial charge on any atom is 0.392 e. The van der Waals surface area contributed by atoms with E-state index in [2.05, 4.69) is 39.1 Å². The molecule has 0 amide bonds. The molecule has 0 saturated heterocycles. The molecule has 1 rings (SSSR count). The number of rotatable bonds is 19. The predicted molar refractivity (Wildman–Crippen MR) is 130 cm³/mol. The van der Waals surface area contributed by atoms with E-state index in [-0.39, 0.29) is 0 Å². The molecule has 0 aliphatic rings. The van der Waals surface area contributed by atoms with Crippen LogP contribution in [0.15, 0.2) is 24.3 Å². The van der Waals surface area contributed by atoms with Gasteiger partial charge in [0.25, 0.3) is 0 Å². The molecule has 0 heterocycles. The number of benzene rings is 1. The Kier molecular flexibility index (Phi) is 15.3. The lowest BCUT2D eigenvalue weighted by Gasteiger charge is -2.24. The average Bonchev–Trinajstić information content (AvgIpc) is 2.67. The first kappa shape index (κ1) is 26.2. The van der Waals surface area contributed by atoms with Crippen molar-refractivity contribution in [2.24, 2.45) is 0 Å². The first-order chi connectivity index (χ1) is 14.0. The summed E-state index contributed by atoms with van der Waals surface area (Å²) in [6, 6.07) is 8.26. The van der Waals surface area contributed by atoms with Crippen molar-refractivity contribution in [2.45, 2.75) is 123 Å². The maximum atomic E-state index is 6.12. The highest BCUT2D eigenvalue weighted by Gasteiger charge is 2.26. The van der Waals surface area contributed by atoms with Crippen molar-refractivity contribution >= 4 is 8.56 Å². The summed E-state index contributed by atoms with van der Waals surface area (Å²) in [5.41, 5.74) is 1.23. The fourth-order valence-electron chi connectivity index (χ4n) is 3.78. The average molecular weight is 421 g/mol. The summed E-state index contributed by atoms with van der Waals surface area (Å²) >= 11 is 0. The molecule has 1 aromatic carbocycles. The Bertz CT molecular complexity index is 501. The second kappa shape index (κ2) is 16.9. The van der Waals surface area contributed by atoms with Crippen LogP contribution in [-0.2, 0) is 4.43 Å². The van der Waals surface area contributed by atoms with Crippen LogP contribution in [0.1, 0.15) is 109 Å². The predicted octanol–water partition coefficient (Wildman–Crippen LogP) is 8.96. The molecule has 0 saturated carbocycles. The van der Waals surface area contributed by atoms with Crippen molar-refractivity contribution in [3.63, 3.8) is 0 Å². The second-order valence-electron chi connectivity index (χ2n) is 9.12. The molecule has 168 valence electrons. The number of hydrogen-bond acceptors (Lipinski definition) is 2. The van der Waals surface area contributed by atoms with Gasteiger partial charge in [0.1, 0.15) is 5.75 Å². The largest absolute Gasteiger partial charge is 0.520 e. The minimum Gasteiger partial charge on any atom is -0.520 e. The van der Waals surface area contributed by atoms with E-state index >= 15 is 0 Å². The molecule has 0 spiro atoms. The topological polar surface area (TPSA) is 18.5 Å². The van der Waals surface area contributed by atoms with Gasteiger partial charge >= 0.3 is 8.56 Å². The number of unbranched alkanes of at least 4 members (excludes halogenated alkanes) is 14. The quantitative estimate of drug-likeness (QED) is 0.164. The van der Waals surface area contributed by atoms with Crippen LogP contribution in [0.5, 0.6) is 5.75 Å². The molecule has 0 bridgehead atoms. The lowest BCUT2D eigenvalue weighted by molar-refractivity contribution is 0.240. The first-order valence-electron chi connectivity index (χ1n) is 12.4. The lowest BCUT2D eigenvalue weighted by Crippen LogP contribution is -2.38. The molecule has 0 radical (unpaired) electrons. The molecule has 0 aliphatic heterocycles. The summed E-state index contributed by atoms with van der Waals surface area (Å²) in [7, 11) is -2.07. The van der Waals surface area contributed by atoms with E-state index in [0.29, 0.717) is 0 Å². The van der Waals surface area contributed by atoms with E-state index in [4.69, 9.17) is 8.85 Å². The van der Waals surface area contributed by atoms with Crippen molar-refractivity contribution in [2.75, 3.05) is 6.61 Å². The summed E-state index contributed by atoms with van der Waals surface area (Å²) in [5, 5.41) is 0. The van der Waals surface area contributed by atoms with Crippen LogP contribution in [0.25, 0.3) is 0 Å². The molecule has 0 aliphatic carbocycles. The van der Waals surface area contributed by atoms with Gasteiger partial charge in [-0.05, 0) is 44.1 Å². The van der Waals surface area contributed by atoms with Crippen molar-refractivity contribution in [3.05, 3.63) is 29.8 Å². The number of hydrogen-bond donors (Lipinski definition) is 0. The van der Waals surface area contributed by atoms with Gasteiger partial charge in [0.05, 0.1) is 0 Å². The van der Waals surface area contributed by atoms with Crippen molar-refractivity contribution in [3.8, 4) is 5.75 Å². The zero-order chi connectivity index (χ0) is 21.2. The van der Waals surface area contributed by atoms with Gasteiger partial charge < -0.3 is 8.85 Å². The summed E-state index contributed by atoms with van der Waals surface area (Å²) in [5.74, 6) is 0.943. The highest BCUT2D eigenvalue weighted by atomic mass is 28.4. The van der Waals surface area contributed by atoms with Gasteiger partial charge in [0.15, 0.2) is 0 Å². The van der Waals surface area contributed by atoms with Gasteiger partial charge in [-0.2, -0.15) is 0 Å². The molecule has 0 aromatic heterocycles. The van der Waals surface area contributed by atoms with Crippen molar-refractivity contribution < 1.29 is 8.85 Å². The summed E-state index contributed by atoms with van der Waals surface area (Å²) in [4.78, 5) is 0. The Hall–Kier alpha value is -0.803. The van der Waals surface area contributed by atoms with Crippen LogP contribution in [0.4, 0.5) is 0 Å². The number of aryl methyl sites for hydroxylation is 1. The third-order valence-corrected chi connectivity index (χ3v) is 7.18. The lowest BCUT2D eigenvalue weighted by atomic mass is 10.0. The van der Waals surface area contributed by atoms with Crippen LogP contribution >= 0.6 is 0 Å². The zero-order valence-corrected chi connectivity index (χ0v) is 20.9. The minimum absolute atomic E-state index is 0.837. The molecule has 0 N–H and O–H groups in total. The molecule has 0 fully saturated rings. The van der Waals surface area contributed by atoms with Crippen LogP contribution in [0, 0.1) is 6.92 Å². The first-order valence-corrected chi connectivity index (χ1v) is 15.2.